The molecule has 3 heterocycles. The molecule has 41 heavy (non-hydrogen) atoms. The number of ether oxygens (including phenoxy) is 2. The lowest BCUT2D eigenvalue weighted by molar-refractivity contribution is 0.134. The lowest BCUT2D eigenvalue weighted by Gasteiger charge is -2.32. The van der Waals surface area contributed by atoms with E-state index in [1.54, 1.807) is 6.07 Å². The summed E-state index contributed by atoms with van der Waals surface area (Å²) in [5, 5.41) is 1.48. The van der Waals surface area contributed by atoms with Crippen molar-refractivity contribution in [2.24, 2.45) is 0 Å². The second-order valence-electron chi connectivity index (χ2n) is 10.5. The molecule has 0 atom stereocenters. The van der Waals surface area contributed by atoms with Gasteiger partial charge in [-0.1, -0.05) is 54.1 Å². The van der Waals surface area contributed by atoms with Gasteiger partial charge in [-0.15, -0.1) is 0 Å². The largest absolute Gasteiger partial charge is 0.491 e. The van der Waals surface area contributed by atoms with Gasteiger partial charge >= 0.3 is 0 Å². The van der Waals surface area contributed by atoms with Crippen molar-refractivity contribution in [1.82, 2.24) is 14.4 Å². The topological polar surface area (TPSA) is 43.0 Å². The Morgan fingerprint density at radius 2 is 1.68 bits per heavy atom. The SMILES string of the molecule is Cc1c(-n2c(-c3ccc(F)o3)cc3cccc(OCc4ccccc4)c32)ccc(OCCN2CCN(C)CC2)c1Cl. The third-order valence-electron chi connectivity index (χ3n) is 7.67. The van der Waals surface area contributed by atoms with Crippen LogP contribution >= 0.6 is 11.6 Å². The van der Waals surface area contributed by atoms with Crippen LogP contribution in [0.2, 0.25) is 5.02 Å². The summed E-state index contributed by atoms with van der Waals surface area (Å²) in [6, 6.07) is 24.1. The third kappa shape index (κ3) is 5.84. The molecule has 1 fully saturated rings. The van der Waals surface area contributed by atoms with E-state index in [0.29, 0.717) is 41.2 Å². The number of halogens is 2. The lowest BCUT2D eigenvalue weighted by Crippen LogP contribution is -2.45. The first-order valence-electron chi connectivity index (χ1n) is 13.9. The molecular formula is C33H33ClFN3O3. The van der Waals surface area contributed by atoms with Crippen LogP contribution in [-0.2, 0) is 6.61 Å². The second-order valence-corrected chi connectivity index (χ2v) is 10.8. The first kappa shape index (κ1) is 27.4. The highest BCUT2D eigenvalue weighted by atomic mass is 35.5. The van der Waals surface area contributed by atoms with Crippen molar-refractivity contribution < 1.29 is 18.3 Å². The Balaban J connectivity index is 1.35. The predicted octanol–water partition coefficient (Wildman–Crippen LogP) is 7.20. The molecule has 0 unspecified atom stereocenters. The van der Waals surface area contributed by atoms with Crippen LogP contribution in [0.25, 0.3) is 28.0 Å². The van der Waals surface area contributed by atoms with E-state index < -0.39 is 6.01 Å². The second kappa shape index (κ2) is 12.0. The summed E-state index contributed by atoms with van der Waals surface area (Å²) in [7, 11) is 2.15. The molecule has 1 aliphatic rings. The fourth-order valence-electron chi connectivity index (χ4n) is 5.32. The van der Waals surface area contributed by atoms with E-state index in [-0.39, 0.29) is 0 Å². The summed E-state index contributed by atoms with van der Waals surface area (Å²) in [5.41, 5.74) is 4.28. The zero-order chi connectivity index (χ0) is 28.3. The van der Waals surface area contributed by atoms with Crippen molar-refractivity contribution in [3.63, 3.8) is 0 Å². The molecule has 3 aromatic carbocycles. The minimum Gasteiger partial charge on any atom is -0.491 e. The van der Waals surface area contributed by atoms with Crippen LogP contribution in [-0.4, -0.2) is 60.7 Å². The number of fused-ring (bicyclic) bond motifs is 1. The van der Waals surface area contributed by atoms with E-state index in [9.17, 15) is 4.39 Å². The molecule has 0 bridgehead atoms. The third-order valence-corrected chi connectivity index (χ3v) is 8.14. The number of aromatic nitrogens is 1. The average molecular weight is 574 g/mol. The standard InChI is InChI=1S/C33H33ClFN3O3/c1-23-26(11-12-29(32(23)34)39-20-19-37-17-15-36(2)16-18-37)38-27(28-13-14-31(35)41-28)21-25-9-6-10-30(33(25)38)40-22-24-7-4-3-5-8-24/h3-14,21H,15-20,22H2,1-2H3. The van der Waals surface area contributed by atoms with E-state index in [4.69, 9.17) is 25.5 Å². The van der Waals surface area contributed by atoms with Gasteiger partial charge in [0, 0.05) is 44.2 Å². The quantitative estimate of drug-likeness (QED) is 0.187. The Hall–Kier alpha value is -3.78. The molecule has 1 aliphatic heterocycles. The summed E-state index contributed by atoms with van der Waals surface area (Å²) < 4.78 is 34.0. The molecule has 0 radical (unpaired) electrons. The Labute approximate surface area is 244 Å². The van der Waals surface area contributed by atoms with Crippen LogP contribution in [0.4, 0.5) is 4.39 Å². The Morgan fingerprint density at radius 3 is 2.44 bits per heavy atom. The number of para-hydroxylation sites is 1. The van der Waals surface area contributed by atoms with Gasteiger partial charge in [0.15, 0.2) is 5.76 Å². The van der Waals surface area contributed by atoms with E-state index >= 15 is 0 Å². The zero-order valence-corrected chi connectivity index (χ0v) is 24.0. The van der Waals surface area contributed by atoms with Crippen LogP contribution in [0.1, 0.15) is 11.1 Å². The first-order valence-corrected chi connectivity index (χ1v) is 14.3. The van der Waals surface area contributed by atoms with Crippen molar-refractivity contribution in [3.8, 4) is 28.6 Å². The van der Waals surface area contributed by atoms with Crippen molar-refractivity contribution in [1.29, 1.82) is 0 Å². The van der Waals surface area contributed by atoms with Gasteiger partial charge in [-0.05, 0) is 55.4 Å². The lowest BCUT2D eigenvalue weighted by atomic mass is 10.1. The molecule has 1 saturated heterocycles. The summed E-state index contributed by atoms with van der Waals surface area (Å²) in [5.74, 6) is 1.76. The number of hydrogen-bond donors (Lipinski definition) is 0. The Kier molecular flexibility index (Phi) is 8.01. The molecule has 0 amide bonds. The number of furan rings is 1. The maximum Gasteiger partial charge on any atom is 0.278 e. The maximum absolute atomic E-state index is 14.0. The molecule has 5 aromatic rings. The van der Waals surface area contributed by atoms with Gasteiger partial charge in [0.25, 0.3) is 6.01 Å². The monoisotopic (exact) mass is 573 g/mol. The van der Waals surface area contributed by atoms with Crippen LogP contribution in [0.15, 0.2) is 83.3 Å². The first-order chi connectivity index (χ1) is 20.0. The molecule has 0 saturated carbocycles. The minimum atomic E-state index is -0.642. The van der Waals surface area contributed by atoms with Crippen LogP contribution in [0.5, 0.6) is 11.5 Å². The molecule has 8 heteroatoms. The summed E-state index contributed by atoms with van der Waals surface area (Å²) >= 11 is 6.92. The van der Waals surface area contributed by atoms with Crippen LogP contribution in [0, 0.1) is 12.9 Å². The molecule has 2 aromatic heterocycles. The smallest absolute Gasteiger partial charge is 0.278 e. The molecular weight excluding hydrogens is 541 g/mol. The zero-order valence-electron chi connectivity index (χ0n) is 23.3. The number of nitrogens with zero attached hydrogens (tertiary/aromatic N) is 3. The van der Waals surface area contributed by atoms with E-state index in [0.717, 1.165) is 60.4 Å². The highest BCUT2D eigenvalue weighted by Gasteiger charge is 2.22. The number of hydrogen-bond acceptors (Lipinski definition) is 5. The highest BCUT2D eigenvalue weighted by molar-refractivity contribution is 6.33. The predicted molar refractivity (Wildman–Crippen MR) is 161 cm³/mol. The van der Waals surface area contributed by atoms with E-state index in [1.165, 1.54) is 6.07 Å². The number of rotatable bonds is 9. The fraction of sp³-hybridized carbons (Fsp3) is 0.273. The summed E-state index contributed by atoms with van der Waals surface area (Å²) in [6.07, 6.45) is 0. The number of piperazine rings is 1. The van der Waals surface area contributed by atoms with Crippen molar-refractivity contribution in [2.45, 2.75) is 13.5 Å². The molecule has 212 valence electrons. The molecule has 6 rings (SSSR count). The van der Waals surface area contributed by atoms with Gasteiger partial charge in [0.2, 0.25) is 0 Å². The molecule has 0 spiro atoms. The van der Waals surface area contributed by atoms with Crippen molar-refractivity contribution in [3.05, 3.63) is 101 Å². The van der Waals surface area contributed by atoms with Gasteiger partial charge < -0.3 is 23.4 Å². The van der Waals surface area contributed by atoms with Crippen LogP contribution in [0.3, 0.4) is 0 Å². The Bertz CT molecular complexity index is 1640. The fourth-order valence-corrected chi connectivity index (χ4v) is 5.54. The Morgan fingerprint density at radius 1 is 0.878 bits per heavy atom. The van der Waals surface area contributed by atoms with Gasteiger partial charge in [-0.2, -0.15) is 4.39 Å². The maximum atomic E-state index is 14.0. The van der Waals surface area contributed by atoms with Crippen molar-refractivity contribution >= 4 is 22.5 Å². The molecule has 6 nitrogen and oxygen atoms in total. The van der Waals surface area contributed by atoms with Gasteiger partial charge in [-0.3, -0.25) is 4.90 Å². The van der Waals surface area contributed by atoms with E-state index in [2.05, 4.69) is 16.8 Å². The summed E-state index contributed by atoms with van der Waals surface area (Å²) in [6.45, 7) is 8.00. The number of likely N-dealkylation sites (N-methyl/N-ethyl adjacent to an activating group) is 1. The normalized spacial score (nSPS) is 14.5. The van der Waals surface area contributed by atoms with Crippen molar-refractivity contribution in [2.75, 3.05) is 46.4 Å². The highest BCUT2D eigenvalue weighted by Crippen LogP contribution is 2.40. The molecule has 0 aliphatic carbocycles. The number of benzene rings is 3. The van der Waals surface area contributed by atoms with Gasteiger partial charge in [-0.25, -0.2) is 0 Å². The van der Waals surface area contributed by atoms with E-state index in [1.807, 2.05) is 78.2 Å². The minimum absolute atomic E-state index is 0.412. The average Bonchev–Trinajstić information content (AvgIpc) is 3.60. The molecule has 0 N–H and O–H groups in total. The van der Waals surface area contributed by atoms with Gasteiger partial charge in [0.1, 0.15) is 24.7 Å². The van der Waals surface area contributed by atoms with Gasteiger partial charge in [0.05, 0.1) is 21.9 Å². The van der Waals surface area contributed by atoms with Crippen LogP contribution < -0.4 is 9.47 Å². The summed E-state index contributed by atoms with van der Waals surface area (Å²) in [4.78, 5) is 4.75.